The van der Waals surface area contributed by atoms with E-state index in [0.29, 0.717) is 12.6 Å². The van der Waals surface area contributed by atoms with Crippen LogP contribution in [0, 0.1) is 0 Å². The van der Waals surface area contributed by atoms with Gasteiger partial charge in [-0.25, -0.2) is 0 Å². The van der Waals surface area contributed by atoms with Gasteiger partial charge in [0.25, 0.3) is 0 Å². The van der Waals surface area contributed by atoms with Gasteiger partial charge in [-0.1, -0.05) is 18.2 Å². The van der Waals surface area contributed by atoms with E-state index in [2.05, 4.69) is 18.0 Å². The zero-order chi connectivity index (χ0) is 13.9. The Morgan fingerprint density at radius 1 is 1.35 bits per heavy atom. The third-order valence-electron chi connectivity index (χ3n) is 3.94. The van der Waals surface area contributed by atoms with Crippen molar-refractivity contribution < 1.29 is 9.15 Å². The first-order valence-corrected chi connectivity index (χ1v) is 7.27. The highest BCUT2D eigenvalue weighted by Gasteiger charge is 2.19. The SMILES string of the molecule is CN(Cc1oc2ccccc2c1CN)CC1CCCO1. The van der Waals surface area contributed by atoms with Crippen LogP contribution < -0.4 is 5.73 Å². The van der Waals surface area contributed by atoms with Crippen molar-refractivity contribution in [1.82, 2.24) is 4.90 Å². The molecule has 1 atom stereocenters. The maximum Gasteiger partial charge on any atom is 0.134 e. The number of hydrogen-bond donors (Lipinski definition) is 1. The highest BCUT2D eigenvalue weighted by Crippen LogP contribution is 2.26. The lowest BCUT2D eigenvalue weighted by molar-refractivity contribution is 0.0775. The van der Waals surface area contributed by atoms with Crippen molar-refractivity contribution >= 4 is 11.0 Å². The number of para-hydroxylation sites is 1. The van der Waals surface area contributed by atoms with Crippen LogP contribution in [0.1, 0.15) is 24.2 Å². The highest BCUT2D eigenvalue weighted by atomic mass is 16.5. The van der Waals surface area contributed by atoms with Gasteiger partial charge in [0.1, 0.15) is 11.3 Å². The van der Waals surface area contributed by atoms with Crippen LogP contribution in [-0.4, -0.2) is 31.2 Å². The van der Waals surface area contributed by atoms with Crippen molar-refractivity contribution in [3.05, 3.63) is 35.6 Å². The average Bonchev–Trinajstić information content (AvgIpc) is 3.05. The minimum absolute atomic E-state index is 0.366. The minimum atomic E-state index is 0.366. The molecule has 108 valence electrons. The molecule has 1 aliphatic rings. The molecule has 1 fully saturated rings. The quantitative estimate of drug-likeness (QED) is 0.910. The number of fused-ring (bicyclic) bond motifs is 1. The van der Waals surface area contributed by atoms with Gasteiger partial charge in [-0.3, -0.25) is 4.90 Å². The van der Waals surface area contributed by atoms with Crippen LogP contribution in [0.15, 0.2) is 28.7 Å². The molecule has 2 N–H and O–H groups in total. The van der Waals surface area contributed by atoms with E-state index >= 15 is 0 Å². The number of benzene rings is 1. The molecule has 1 aromatic carbocycles. The number of nitrogens with two attached hydrogens (primary N) is 1. The van der Waals surface area contributed by atoms with E-state index in [1.165, 1.54) is 6.42 Å². The monoisotopic (exact) mass is 274 g/mol. The number of ether oxygens (including phenoxy) is 1. The van der Waals surface area contributed by atoms with Crippen LogP contribution in [0.25, 0.3) is 11.0 Å². The summed E-state index contributed by atoms with van der Waals surface area (Å²) in [4.78, 5) is 2.26. The Kier molecular flexibility index (Phi) is 4.05. The molecule has 0 radical (unpaired) electrons. The zero-order valence-electron chi connectivity index (χ0n) is 12.0. The van der Waals surface area contributed by atoms with Gasteiger partial charge >= 0.3 is 0 Å². The Morgan fingerprint density at radius 3 is 2.95 bits per heavy atom. The summed E-state index contributed by atoms with van der Waals surface area (Å²) in [6.45, 7) is 3.14. The smallest absolute Gasteiger partial charge is 0.134 e. The Balaban J connectivity index is 1.75. The first-order valence-electron chi connectivity index (χ1n) is 7.27. The molecule has 1 saturated heterocycles. The standard InChI is InChI=1S/C16H22N2O2/c1-18(10-12-5-4-8-19-12)11-16-14(9-17)13-6-2-3-7-15(13)20-16/h2-3,6-7,12H,4-5,8-11,17H2,1H3. The number of nitrogens with zero attached hydrogens (tertiary/aromatic N) is 1. The molecule has 4 nitrogen and oxygen atoms in total. The topological polar surface area (TPSA) is 51.6 Å². The first kappa shape index (κ1) is 13.6. The number of likely N-dealkylation sites (N-methyl/N-ethyl adjacent to an activating group) is 1. The molecule has 0 bridgehead atoms. The fourth-order valence-corrected chi connectivity index (χ4v) is 2.95. The number of rotatable bonds is 5. The van der Waals surface area contributed by atoms with Crippen molar-refractivity contribution in [1.29, 1.82) is 0 Å². The summed E-state index contributed by atoms with van der Waals surface area (Å²) in [5.74, 6) is 0.981. The van der Waals surface area contributed by atoms with Gasteiger partial charge in [0, 0.05) is 30.6 Å². The van der Waals surface area contributed by atoms with Gasteiger partial charge in [-0.2, -0.15) is 0 Å². The van der Waals surface area contributed by atoms with E-state index in [9.17, 15) is 0 Å². The predicted molar refractivity (Wildman–Crippen MR) is 79.4 cm³/mol. The number of furan rings is 1. The molecule has 0 aliphatic carbocycles. The molecule has 0 spiro atoms. The van der Waals surface area contributed by atoms with Crippen molar-refractivity contribution in [2.45, 2.75) is 32.0 Å². The Morgan fingerprint density at radius 2 is 2.20 bits per heavy atom. The van der Waals surface area contributed by atoms with Gasteiger partial charge in [0.05, 0.1) is 12.6 Å². The van der Waals surface area contributed by atoms with Crippen LogP contribution in [0.2, 0.25) is 0 Å². The molecule has 1 aliphatic heterocycles. The summed E-state index contributed by atoms with van der Waals surface area (Å²) in [6, 6.07) is 8.09. The van der Waals surface area contributed by atoms with Gasteiger partial charge < -0.3 is 14.9 Å². The fraction of sp³-hybridized carbons (Fsp3) is 0.500. The minimum Gasteiger partial charge on any atom is -0.459 e. The molecule has 2 heterocycles. The second kappa shape index (κ2) is 5.95. The number of hydrogen-bond acceptors (Lipinski definition) is 4. The van der Waals surface area contributed by atoms with E-state index in [1.807, 2.05) is 18.2 Å². The fourth-order valence-electron chi connectivity index (χ4n) is 2.95. The van der Waals surface area contributed by atoms with Crippen molar-refractivity contribution in [3.8, 4) is 0 Å². The molecular weight excluding hydrogens is 252 g/mol. The summed E-state index contributed by atoms with van der Waals surface area (Å²) in [5, 5.41) is 1.13. The molecule has 0 saturated carbocycles. The molecule has 4 heteroatoms. The van der Waals surface area contributed by atoms with Gasteiger partial charge in [-0.05, 0) is 26.0 Å². The molecule has 3 rings (SSSR count). The van der Waals surface area contributed by atoms with Crippen LogP contribution >= 0.6 is 0 Å². The van der Waals surface area contributed by atoms with Gasteiger partial charge in [0.15, 0.2) is 0 Å². The zero-order valence-corrected chi connectivity index (χ0v) is 12.0. The van der Waals surface area contributed by atoms with Crippen molar-refractivity contribution in [3.63, 3.8) is 0 Å². The lowest BCUT2D eigenvalue weighted by Crippen LogP contribution is -2.28. The lowest BCUT2D eigenvalue weighted by atomic mass is 10.1. The van der Waals surface area contributed by atoms with Gasteiger partial charge in [-0.15, -0.1) is 0 Å². The van der Waals surface area contributed by atoms with E-state index in [0.717, 1.165) is 48.4 Å². The van der Waals surface area contributed by atoms with Gasteiger partial charge in [0.2, 0.25) is 0 Å². The van der Waals surface area contributed by atoms with E-state index in [-0.39, 0.29) is 0 Å². The molecule has 0 amide bonds. The van der Waals surface area contributed by atoms with E-state index in [1.54, 1.807) is 0 Å². The maximum atomic E-state index is 5.96. The second-order valence-corrected chi connectivity index (χ2v) is 5.54. The van der Waals surface area contributed by atoms with Crippen LogP contribution in [0.5, 0.6) is 0 Å². The summed E-state index contributed by atoms with van der Waals surface area (Å²) in [6.07, 6.45) is 2.71. The lowest BCUT2D eigenvalue weighted by Gasteiger charge is -2.19. The third kappa shape index (κ3) is 2.73. The maximum absolute atomic E-state index is 5.96. The first-order chi connectivity index (χ1) is 9.78. The Labute approximate surface area is 119 Å². The Hall–Kier alpha value is -1.36. The van der Waals surface area contributed by atoms with Crippen molar-refractivity contribution in [2.24, 2.45) is 5.73 Å². The molecular formula is C16H22N2O2. The van der Waals surface area contributed by atoms with Crippen LogP contribution in [-0.2, 0) is 17.8 Å². The van der Waals surface area contributed by atoms with Crippen LogP contribution in [0.4, 0.5) is 0 Å². The van der Waals surface area contributed by atoms with Crippen molar-refractivity contribution in [2.75, 3.05) is 20.2 Å². The van der Waals surface area contributed by atoms with Crippen LogP contribution in [0.3, 0.4) is 0 Å². The Bertz CT molecular complexity index is 573. The summed E-state index contributed by atoms with van der Waals surface area (Å²) in [5.41, 5.74) is 7.95. The largest absolute Gasteiger partial charge is 0.459 e. The third-order valence-corrected chi connectivity index (χ3v) is 3.94. The summed E-state index contributed by atoms with van der Waals surface area (Å²) >= 11 is 0. The van der Waals surface area contributed by atoms with E-state index < -0.39 is 0 Å². The molecule has 1 unspecified atom stereocenters. The summed E-state index contributed by atoms with van der Waals surface area (Å²) in [7, 11) is 2.11. The normalized spacial score (nSPS) is 19.2. The highest BCUT2D eigenvalue weighted by molar-refractivity contribution is 5.82. The van der Waals surface area contributed by atoms with E-state index in [4.69, 9.17) is 14.9 Å². The molecule has 1 aromatic heterocycles. The average molecular weight is 274 g/mol. The molecule has 2 aromatic rings. The summed E-state index contributed by atoms with van der Waals surface area (Å²) < 4.78 is 11.6. The predicted octanol–water partition coefficient (Wildman–Crippen LogP) is 2.50. The molecule has 20 heavy (non-hydrogen) atoms. The second-order valence-electron chi connectivity index (χ2n) is 5.54.